The quantitative estimate of drug-likeness (QED) is 0.763. The van der Waals surface area contributed by atoms with Crippen LogP contribution in [0.2, 0.25) is 5.02 Å². The highest BCUT2D eigenvalue weighted by Crippen LogP contribution is 2.50. The first-order valence-electron chi connectivity index (χ1n) is 9.95. The molecule has 2 N–H and O–H groups in total. The number of aromatic nitrogens is 4. The van der Waals surface area contributed by atoms with Crippen molar-refractivity contribution >= 4 is 23.5 Å². The van der Waals surface area contributed by atoms with E-state index in [0.29, 0.717) is 30.7 Å². The topological polar surface area (TPSA) is 86.8 Å². The first-order chi connectivity index (χ1) is 14.3. The van der Waals surface area contributed by atoms with Gasteiger partial charge in [-0.2, -0.15) is 18.4 Å². The summed E-state index contributed by atoms with van der Waals surface area (Å²) in [6.45, 7) is 0. The molecule has 3 fully saturated rings. The molecular weight excluding hydrogens is 421 g/mol. The molecule has 1 amide bonds. The maximum absolute atomic E-state index is 13.9. The van der Waals surface area contributed by atoms with Gasteiger partial charge in [0.1, 0.15) is 0 Å². The number of rotatable bonds is 4. The Morgan fingerprint density at radius 2 is 1.90 bits per heavy atom. The lowest BCUT2D eigenvalue weighted by Crippen LogP contribution is -2.61. The standard InChI is InChI=1S/C19H20ClF3N6O/c20-11-3-1-10(2-4-11)18(7-8-18)16(30)24-13-9-12(19(21,22)23)14-5-6-15(13)29(14)17-25-27-28-26-17/h1-4,12-15H,5-9H2,(H,24,30)(H,25,26,27,28)/t12-,13-,14+,15-/m0/s1. The maximum atomic E-state index is 13.9. The molecule has 2 aliphatic heterocycles. The highest BCUT2D eigenvalue weighted by atomic mass is 35.5. The average molecular weight is 441 g/mol. The number of alkyl halides is 3. The van der Waals surface area contributed by atoms with E-state index in [2.05, 4.69) is 25.9 Å². The summed E-state index contributed by atoms with van der Waals surface area (Å²) in [7, 11) is 0. The number of halogens is 4. The van der Waals surface area contributed by atoms with Gasteiger partial charge in [-0.15, -0.1) is 5.10 Å². The minimum absolute atomic E-state index is 0.143. The Hall–Kier alpha value is -2.36. The molecule has 7 nitrogen and oxygen atoms in total. The van der Waals surface area contributed by atoms with E-state index in [1.165, 1.54) is 0 Å². The van der Waals surface area contributed by atoms with Crippen LogP contribution in [0.3, 0.4) is 0 Å². The van der Waals surface area contributed by atoms with E-state index in [4.69, 9.17) is 11.6 Å². The zero-order valence-electron chi connectivity index (χ0n) is 15.9. The number of piperidine rings is 1. The van der Waals surface area contributed by atoms with Crippen LogP contribution in [0.25, 0.3) is 0 Å². The summed E-state index contributed by atoms with van der Waals surface area (Å²) in [5, 5.41) is 17.2. The number of tetrazole rings is 1. The highest BCUT2D eigenvalue weighted by molar-refractivity contribution is 6.30. The van der Waals surface area contributed by atoms with Crippen LogP contribution in [0, 0.1) is 5.92 Å². The number of fused-ring (bicyclic) bond motifs is 2. The van der Waals surface area contributed by atoms with Crippen molar-refractivity contribution in [2.75, 3.05) is 4.90 Å². The Morgan fingerprint density at radius 3 is 2.50 bits per heavy atom. The number of nitrogens with zero attached hydrogens (tertiary/aromatic N) is 4. The number of amides is 1. The molecule has 1 saturated carbocycles. The number of anilines is 1. The SMILES string of the molecule is O=C(N[C@H]1C[C@H](C(F)(F)F)[C@H]2CC[C@@H]1N2c1nn[nH]n1)C1(c2ccc(Cl)cc2)CC1. The molecule has 2 aromatic rings. The van der Waals surface area contributed by atoms with Crippen LogP contribution in [-0.4, -0.2) is 50.8 Å². The summed E-state index contributed by atoms with van der Waals surface area (Å²) in [6.07, 6.45) is -2.29. The zero-order valence-corrected chi connectivity index (χ0v) is 16.6. The molecule has 160 valence electrons. The predicted molar refractivity (Wildman–Crippen MR) is 102 cm³/mol. The summed E-state index contributed by atoms with van der Waals surface area (Å²) in [6, 6.07) is 5.39. The lowest BCUT2D eigenvalue weighted by molar-refractivity contribution is -0.186. The van der Waals surface area contributed by atoms with Crippen molar-refractivity contribution in [1.29, 1.82) is 0 Å². The maximum Gasteiger partial charge on any atom is 0.393 e. The van der Waals surface area contributed by atoms with Crippen LogP contribution in [0.15, 0.2) is 24.3 Å². The van der Waals surface area contributed by atoms with E-state index in [1.807, 2.05) is 12.1 Å². The third-order valence-corrected chi connectivity index (χ3v) is 7.05. The predicted octanol–water partition coefficient (Wildman–Crippen LogP) is 2.99. The molecule has 1 aromatic heterocycles. The van der Waals surface area contributed by atoms with Crippen LogP contribution in [0.5, 0.6) is 0 Å². The lowest BCUT2D eigenvalue weighted by atomic mass is 9.85. The van der Waals surface area contributed by atoms with Crippen LogP contribution in [-0.2, 0) is 10.2 Å². The number of aromatic amines is 1. The van der Waals surface area contributed by atoms with Crippen molar-refractivity contribution < 1.29 is 18.0 Å². The van der Waals surface area contributed by atoms with Gasteiger partial charge in [0.25, 0.3) is 5.95 Å². The highest BCUT2D eigenvalue weighted by Gasteiger charge is 2.59. The van der Waals surface area contributed by atoms with Crippen molar-refractivity contribution in [3.63, 3.8) is 0 Å². The normalized spacial score (nSPS) is 29.7. The summed E-state index contributed by atoms with van der Waals surface area (Å²) in [5.74, 6) is -1.64. The Bertz CT molecular complexity index is 931. The van der Waals surface area contributed by atoms with Gasteiger partial charge in [0.05, 0.1) is 17.4 Å². The smallest absolute Gasteiger partial charge is 0.351 e. The van der Waals surface area contributed by atoms with Crippen LogP contribution >= 0.6 is 11.6 Å². The van der Waals surface area contributed by atoms with Crippen molar-refractivity contribution in [2.24, 2.45) is 5.92 Å². The number of benzene rings is 1. The third kappa shape index (κ3) is 3.12. The largest absolute Gasteiger partial charge is 0.393 e. The van der Waals surface area contributed by atoms with Crippen LogP contribution in [0.4, 0.5) is 19.1 Å². The molecule has 1 aliphatic carbocycles. The molecule has 0 radical (unpaired) electrons. The number of hydrogen-bond donors (Lipinski definition) is 2. The van der Waals surface area contributed by atoms with Gasteiger partial charge in [-0.1, -0.05) is 28.8 Å². The molecule has 11 heteroatoms. The van der Waals surface area contributed by atoms with Gasteiger partial charge >= 0.3 is 6.18 Å². The lowest BCUT2D eigenvalue weighted by Gasteiger charge is -2.44. The fourth-order valence-corrected chi connectivity index (χ4v) is 5.29. The first-order valence-corrected chi connectivity index (χ1v) is 10.3. The number of nitrogens with one attached hydrogen (secondary N) is 2. The Balaban J connectivity index is 1.42. The molecule has 5 rings (SSSR count). The number of hydrogen-bond acceptors (Lipinski definition) is 5. The molecular formula is C19H20ClF3N6O. The van der Waals surface area contributed by atoms with Crippen molar-refractivity contribution in [3.05, 3.63) is 34.9 Å². The minimum atomic E-state index is -4.38. The molecule has 0 spiro atoms. The molecule has 3 heterocycles. The molecule has 0 unspecified atom stereocenters. The van der Waals surface area contributed by atoms with Gasteiger partial charge in [-0.3, -0.25) is 4.79 Å². The van der Waals surface area contributed by atoms with E-state index < -0.39 is 29.6 Å². The Morgan fingerprint density at radius 1 is 1.20 bits per heavy atom. The fourth-order valence-electron chi connectivity index (χ4n) is 5.16. The van der Waals surface area contributed by atoms with Gasteiger partial charge in [0, 0.05) is 17.1 Å². The van der Waals surface area contributed by atoms with Gasteiger partial charge in [-0.05, 0) is 55.0 Å². The van der Waals surface area contributed by atoms with Crippen LogP contribution in [0.1, 0.15) is 37.7 Å². The average Bonchev–Trinajstić information content (AvgIpc) is 3.19. The van der Waals surface area contributed by atoms with Crippen molar-refractivity contribution in [3.8, 4) is 0 Å². The van der Waals surface area contributed by atoms with Crippen molar-refractivity contribution in [2.45, 2.75) is 61.8 Å². The summed E-state index contributed by atoms with van der Waals surface area (Å²) in [5.41, 5.74) is 0.150. The monoisotopic (exact) mass is 440 g/mol. The number of carbonyl (C=O) groups excluding carboxylic acids is 1. The number of H-pyrrole nitrogens is 1. The number of carbonyl (C=O) groups is 1. The summed E-state index contributed by atoms with van der Waals surface area (Å²) >= 11 is 5.95. The van der Waals surface area contributed by atoms with E-state index in [9.17, 15) is 18.0 Å². The second kappa shape index (κ2) is 6.83. The summed E-state index contributed by atoms with van der Waals surface area (Å²) < 4.78 is 41.6. The van der Waals surface area contributed by atoms with Gasteiger partial charge in [-0.25, -0.2) is 0 Å². The van der Waals surface area contributed by atoms with Gasteiger partial charge < -0.3 is 10.2 Å². The second-order valence-corrected chi connectivity index (χ2v) is 8.82. The second-order valence-electron chi connectivity index (χ2n) is 8.38. The van der Waals surface area contributed by atoms with Crippen LogP contribution < -0.4 is 10.2 Å². The van der Waals surface area contributed by atoms with E-state index in [0.717, 1.165) is 5.56 Å². The molecule has 2 saturated heterocycles. The molecule has 30 heavy (non-hydrogen) atoms. The molecule has 3 aliphatic rings. The van der Waals surface area contributed by atoms with E-state index in [1.54, 1.807) is 17.0 Å². The Kier molecular flexibility index (Phi) is 4.46. The zero-order chi connectivity index (χ0) is 21.1. The molecule has 2 bridgehead atoms. The van der Waals surface area contributed by atoms with Crippen molar-refractivity contribution in [1.82, 2.24) is 25.9 Å². The minimum Gasteiger partial charge on any atom is -0.351 e. The molecule has 4 atom stereocenters. The van der Waals surface area contributed by atoms with Gasteiger partial charge in [0.15, 0.2) is 0 Å². The Labute approximate surface area is 175 Å². The fraction of sp³-hybridized carbons (Fsp3) is 0.579. The van der Waals surface area contributed by atoms with E-state index in [-0.39, 0.29) is 24.3 Å². The van der Waals surface area contributed by atoms with E-state index >= 15 is 0 Å². The molecule has 1 aromatic carbocycles. The summed E-state index contributed by atoms with van der Waals surface area (Å²) in [4.78, 5) is 14.8. The van der Waals surface area contributed by atoms with Gasteiger partial charge in [0.2, 0.25) is 5.91 Å². The third-order valence-electron chi connectivity index (χ3n) is 6.79. The first kappa shape index (κ1) is 19.6.